The number of carbonyl (C=O) groups excluding carboxylic acids is 1. The molecule has 0 aliphatic heterocycles. The van der Waals surface area contributed by atoms with Gasteiger partial charge in [0.1, 0.15) is 5.76 Å². The van der Waals surface area contributed by atoms with Gasteiger partial charge < -0.3 is 14.9 Å². The van der Waals surface area contributed by atoms with E-state index in [0.717, 1.165) is 48.5 Å². The second-order valence-electron chi connectivity index (χ2n) is 10.3. The zero-order chi connectivity index (χ0) is 23.7. The van der Waals surface area contributed by atoms with Crippen LogP contribution in [0.5, 0.6) is 0 Å². The molecule has 1 atom stereocenters. The first-order valence-corrected chi connectivity index (χ1v) is 12.4. The van der Waals surface area contributed by atoms with Crippen LogP contribution in [0, 0.1) is 18.8 Å². The number of halogens is 1. The van der Waals surface area contributed by atoms with Crippen LogP contribution >= 0.6 is 11.6 Å². The molecule has 0 radical (unpaired) electrons. The predicted molar refractivity (Wildman–Crippen MR) is 128 cm³/mol. The van der Waals surface area contributed by atoms with E-state index in [1.807, 2.05) is 13.0 Å². The van der Waals surface area contributed by atoms with Gasteiger partial charge in [-0.3, -0.25) is 9.59 Å². The molecule has 1 aromatic carbocycles. The van der Waals surface area contributed by atoms with E-state index in [2.05, 4.69) is 24.3 Å². The lowest BCUT2D eigenvalue weighted by atomic mass is 9.69. The van der Waals surface area contributed by atoms with E-state index >= 15 is 0 Å². The van der Waals surface area contributed by atoms with Crippen LogP contribution in [0.3, 0.4) is 0 Å². The molecular weight excluding hydrogens is 440 g/mol. The van der Waals surface area contributed by atoms with Crippen molar-refractivity contribution in [2.24, 2.45) is 11.8 Å². The van der Waals surface area contributed by atoms with Gasteiger partial charge >= 0.3 is 5.97 Å². The number of rotatable bonds is 10. The fourth-order valence-corrected chi connectivity index (χ4v) is 5.30. The molecule has 2 aliphatic carbocycles. The summed E-state index contributed by atoms with van der Waals surface area (Å²) in [5, 5.41) is 17.2. The lowest BCUT2D eigenvalue weighted by Crippen LogP contribution is -2.24. The van der Waals surface area contributed by atoms with Crippen molar-refractivity contribution in [1.29, 1.82) is 0 Å². The minimum Gasteiger partial charge on any atom is -0.481 e. The second kappa shape index (κ2) is 9.88. The van der Waals surface area contributed by atoms with E-state index in [-0.39, 0.29) is 18.7 Å². The highest BCUT2D eigenvalue weighted by Gasteiger charge is 2.42. The van der Waals surface area contributed by atoms with Crippen LogP contribution in [-0.2, 0) is 9.59 Å². The third-order valence-corrected chi connectivity index (χ3v) is 7.15. The summed E-state index contributed by atoms with van der Waals surface area (Å²) >= 11 is 6.22. The molecular formula is C26H33ClN2O4. The van der Waals surface area contributed by atoms with Crippen molar-refractivity contribution in [3.63, 3.8) is 0 Å². The number of nitrogens with one attached hydrogen (secondary N) is 1. The number of carbonyl (C=O) groups is 2. The molecule has 1 aromatic heterocycles. The van der Waals surface area contributed by atoms with Crippen molar-refractivity contribution < 1.29 is 19.2 Å². The fraction of sp³-hybridized carbons (Fsp3) is 0.577. The van der Waals surface area contributed by atoms with E-state index in [1.165, 1.54) is 6.42 Å². The van der Waals surface area contributed by atoms with Crippen LogP contribution in [0.2, 0.25) is 5.02 Å². The van der Waals surface area contributed by atoms with Gasteiger partial charge in [-0.05, 0) is 74.5 Å². The number of carboxylic acids is 1. The van der Waals surface area contributed by atoms with E-state index in [1.54, 1.807) is 12.1 Å². The number of hydrogen-bond donors (Lipinski definition) is 2. The van der Waals surface area contributed by atoms with Crippen molar-refractivity contribution in [1.82, 2.24) is 5.16 Å². The third kappa shape index (κ3) is 5.78. The molecule has 4 rings (SSSR count). The fourth-order valence-electron chi connectivity index (χ4n) is 5.14. The number of hydrogen-bond acceptors (Lipinski definition) is 4. The third-order valence-electron chi connectivity index (χ3n) is 6.82. The topological polar surface area (TPSA) is 92.4 Å². The summed E-state index contributed by atoms with van der Waals surface area (Å²) in [6.45, 7) is 6.42. The molecule has 2 saturated carbocycles. The molecule has 2 aliphatic rings. The minimum absolute atomic E-state index is 0.0168. The zero-order valence-electron chi connectivity index (χ0n) is 19.6. The number of aryl methyl sites for hydroxylation is 1. The molecule has 0 saturated heterocycles. The number of benzene rings is 1. The Labute approximate surface area is 200 Å². The maximum Gasteiger partial charge on any atom is 0.304 e. The smallest absolute Gasteiger partial charge is 0.304 e. The summed E-state index contributed by atoms with van der Waals surface area (Å²) in [6, 6.07) is 5.41. The number of aliphatic carboxylic acids is 1. The second-order valence-corrected chi connectivity index (χ2v) is 10.7. The monoisotopic (exact) mass is 472 g/mol. The molecule has 178 valence electrons. The van der Waals surface area contributed by atoms with Crippen LogP contribution in [0.15, 0.2) is 22.7 Å². The molecule has 0 spiro atoms. The predicted octanol–water partition coefficient (Wildman–Crippen LogP) is 6.64. The Bertz CT molecular complexity index is 1020. The summed E-state index contributed by atoms with van der Waals surface area (Å²) in [6.07, 6.45) is 5.40. The Morgan fingerprint density at radius 1 is 1.21 bits per heavy atom. The lowest BCUT2D eigenvalue weighted by Gasteiger charge is -2.35. The average molecular weight is 473 g/mol. The van der Waals surface area contributed by atoms with Crippen LogP contribution in [-0.4, -0.2) is 22.1 Å². The normalized spacial score (nSPS) is 21.0. The molecule has 0 unspecified atom stereocenters. The van der Waals surface area contributed by atoms with Gasteiger partial charge in [-0.15, -0.1) is 0 Å². The highest BCUT2D eigenvalue weighted by Crippen LogP contribution is 2.52. The summed E-state index contributed by atoms with van der Waals surface area (Å²) < 4.78 is 5.86. The Balaban J connectivity index is 1.52. The summed E-state index contributed by atoms with van der Waals surface area (Å²) in [5.74, 6) is 1.30. The van der Waals surface area contributed by atoms with Gasteiger partial charge in [0.05, 0.1) is 22.8 Å². The molecule has 1 amide bonds. The average Bonchev–Trinajstić information content (AvgIpc) is 3.44. The zero-order valence-corrected chi connectivity index (χ0v) is 20.3. The van der Waals surface area contributed by atoms with Crippen molar-refractivity contribution in [3.05, 3.63) is 45.8 Å². The van der Waals surface area contributed by atoms with E-state index in [9.17, 15) is 14.7 Å². The first-order chi connectivity index (χ1) is 15.7. The van der Waals surface area contributed by atoms with Gasteiger partial charge in [-0.2, -0.15) is 0 Å². The lowest BCUT2D eigenvalue weighted by molar-refractivity contribution is -0.137. The first kappa shape index (κ1) is 23.8. The number of amides is 1. The largest absolute Gasteiger partial charge is 0.481 e. The van der Waals surface area contributed by atoms with Crippen molar-refractivity contribution in [3.8, 4) is 0 Å². The van der Waals surface area contributed by atoms with Gasteiger partial charge in [0.15, 0.2) is 0 Å². The summed E-state index contributed by atoms with van der Waals surface area (Å²) in [4.78, 5) is 24.5. The van der Waals surface area contributed by atoms with Crippen LogP contribution < -0.4 is 5.32 Å². The maximum atomic E-state index is 12.9. The molecule has 7 heteroatoms. The van der Waals surface area contributed by atoms with Crippen LogP contribution in [0.1, 0.15) is 99.1 Å². The van der Waals surface area contributed by atoms with Crippen LogP contribution in [0.4, 0.5) is 5.69 Å². The Kier molecular flexibility index (Phi) is 7.13. The summed E-state index contributed by atoms with van der Waals surface area (Å²) in [7, 11) is 0. The maximum absolute atomic E-state index is 12.9. The number of aromatic nitrogens is 1. The number of nitrogens with zero attached hydrogens (tertiary/aromatic N) is 1. The Morgan fingerprint density at radius 3 is 2.58 bits per heavy atom. The molecule has 0 bridgehead atoms. The SMILES string of the molecule is Cc1ccc(Cl)c(NC(=O)C[C@H](CC(=O)O)c2noc(C3CC(CC(C)C)C3)c2C2CC2)c1. The molecule has 2 fully saturated rings. The first-order valence-electron chi connectivity index (χ1n) is 12.0. The highest BCUT2D eigenvalue weighted by molar-refractivity contribution is 6.33. The number of anilines is 1. The molecule has 2 N–H and O–H groups in total. The molecule has 33 heavy (non-hydrogen) atoms. The number of carboxylic acid groups (broad SMARTS) is 1. The van der Waals surface area contributed by atoms with Gasteiger partial charge in [0.25, 0.3) is 0 Å². The van der Waals surface area contributed by atoms with Gasteiger partial charge in [-0.1, -0.05) is 36.7 Å². The van der Waals surface area contributed by atoms with E-state index < -0.39 is 11.9 Å². The summed E-state index contributed by atoms with van der Waals surface area (Å²) in [5.41, 5.74) is 3.25. The van der Waals surface area contributed by atoms with Crippen molar-refractivity contribution >= 4 is 29.2 Å². The molecule has 2 aromatic rings. The molecule has 6 nitrogen and oxygen atoms in total. The van der Waals surface area contributed by atoms with E-state index in [4.69, 9.17) is 16.1 Å². The Morgan fingerprint density at radius 2 is 1.94 bits per heavy atom. The minimum atomic E-state index is -0.951. The quantitative estimate of drug-likeness (QED) is 0.404. The van der Waals surface area contributed by atoms with Gasteiger partial charge in [-0.25, -0.2) is 0 Å². The van der Waals surface area contributed by atoms with Gasteiger partial charge in [0.2, 0.25) is 5.91 Å². The van der Waals surface area contributed by atoms with E-state index in [0.29, 0.717) is 34.2 Å². The van der Waals surface area contributed by atoms with Gasteiger partial charge in [0, 0.05) is 23.8 Å². The highest BCUT2D eigenvalue weighted by atomic mass is 35.5. The molecule has 1 heterocycles. The van der Waals surface area contributed by atoms with Crippen LogP contribution in [0.25, 0.3) is 0 Å². The Hall–Kier alpha value is -2.34. The standard InChI is InChI=1S/C26H33ClN2O4/c1-14(2)8-16-10-19(11-16)26-24(17-5-6-17)25(29-33-26)18(13-23(31)32)12-22(30)28-21-9-15(3)4-7-20(21)27/h4,7,9,14,16-19H,5-6,8,10-13H2,1-3H3,(H,28,30)(H,31,32)/t16?,18-,19?/m1/s1. The van der Waals surface area contributed by atoms with Crippen molar-refractivity contribution in [2.75, 3.05) is 5.32 Å². The van der Waals surface area contributed by atoms with Crippen molar-refractivity contribution in [2.45, 2.75) is 83.5 Å².